The quantitative estimate of drug-likeness (QED) is 0.0838. The fraction of sp³-hybridized carbons (Fsp3) is 0.512. The summed E-state index contributed by atoms with van der Waals surface area (Å²) in [4.78, 5) is 53.7. The summed E-state index contributed by atoms with van der Waals surface area (Å²) in [5.41, 5.74) is 1.66. The lowest BCUT2D eigenvalue weighted by Gasteiger charge is -2.29. The number of hydrogen-bond donors (Lipinski definition) is 5. The summed E-state index contributed by atoms with van der Waals surface area (Å²) in [5, 5.41) is 24.6. The molecule has 3 aromatic rings. The number of fused-ring (bicyclic) bond motifs is 1. The summed E-state index contributed by atoms with van der Waals surface area (Å²) in [6.07, 6.45) is 2.35. The SMILES string of the molecule is CCCCC[C@H](NC(=O)[C@H](Cc1cccc2ccccc12)NC(=O)OCc1ccccc1)C(=O)N[C@@H](CC(C)C)[C@@H](O)CC(=O)NCC(C)CC. The van der Waals surface area contributed by atoms with Crippen LogP contribution in [0, 0.1) is 11.8 Å². The molecule has 0 radical (unpaired) electrons. The average molecular weight is 703 g/mol. The third-order valence-electron chi connectivity index (χ3n) is 9.11. The number of carbonyl (C=O) groups excluding carboxylic acids is 4. The average Bonchev–Trinajstić information content (AvgIpc) is 3.12. The Morgan fingerprint density at radius 1 is 0.784 bits per heavy atom. The lowest BCUT2D eigenvalue weighted by Crippen LogP contribution is -2.57. The van der Waals surface area contributed by atoms with Crippen molar-refractivity contribution in [3.05, 3.63) is 83.9 Å². The van der Waals surface area contributed by atoms with Crippen LogP contribution in [0.4, 0.5) is 4.79 Å². The van der Waals surface area contributed by atoms with Crippen molar-refractivity contribution in [3.63, 3.8) is 0 Å². The Hall–Kier alpha value is -4.44. The molecule has 0 fully saturated rings. The molecule has 0 aromatic heterocycles. The zero-order chi connectivity index (χ0) is 37.2. The van der Waals surface area contributed by atoms with Crippen LogP contribution in [0.2, 0.25) is 0 Å². The van der Waals surface area contributed by atoms with Crippen molar-refractivity contribution in [3.8, 4) is 0 Å². The maximum Gasteiger partial charge on any atom is 0.408 e. The standard InChI is InChI=1S/C41H58N4O6/c1-6-8-10-22-34(39(48)44-35(23-28(3)4)37(46)25-38(47)42-26-29(5)7-2)43-40(49)36(45-41(50)51-27-30-16-11-9-12-17-30)24-32-20-15-19-31-18-13-14-21-33(31)32/h9,11-21,28-29,34-37,46H,6-8,10,22-27H2,1-5H3,(H,42,47)(H,43,49)(H,44,48)(H,45,50)/t29?,34-,35-,36-,37-/m0/s1. The predicted molar refractivity (Wildman–Crippen MR) is 202 cm³/mol. The fourth-order valence-electron chi connectivity index (χ4n) is 5.89. The van der Waals surface area contributed by atoms with E-state index in [1.165, 1.54) is 0 Å². The molecule has 4 amide bonds. The van der Waals surface area contributed by atoms with E-state index >= 15 is 0 Å². The molecule has 0 aliphatic rings. The summed E-state index contributed by atoms with van der Waals surface area (Å²) in [6.45, 7) is 10.7. The molecule has 0 aliphatic carbocycles. The minimum absolute atomic E-state index is 0.0343. The Labute approximate surface area is 303 Å². The topological polar surface area (TPSA) is 146 Å². The van der Waals surface area contributed by atoms with Crippen LogP contribution in [0.5, 0.6) is 0 Å². The number of carbonyl (C=O) groups is 4. The van der Waals surface area contributed by atoms with E-state index in [-0.39, 0.29) is 31.3 Å². The molecule has 278 valence electrons. The van der Waals surface area contributed by atoms with Gasteiger partial charge < -0.3 is 31.1 Å². The van der Waals surface area contributed by atoms with E-state index in [9.17, 15) is 24.3 Å². The van der Waals surface area contributed by atoms with E-state index in [1.54, 1.807) is 0 Å². The first-order valence-corrected chi connectivity index (χ1v) is 18.5. The highest BCUT2D eigenvalue weighted by atomic mass is 16.5. The number of ether oxygens (including phenoxy) is 1. The number of amides is 4. The molecule has 51 heavy (non-hydrogen) atoms. The second-order valence-corrected chi connectivity index (χ2v) is 14.0. The summed E-state index contributed by atoms with van der Waals surface area (Å²) >= 11 is 0. The molecule has 1 unspecified atom stereocenters. The van der Waals surface area contributed by atoms with E-state index < -0.39 is 42.1 Å². The number of aliphatic hydroxyl groups excluding tert-OH is 1. The number of benzene rings is 3. The summed E-state index contributed by atoms with van der Waals surface area (Å²) in [5.74, 6) is -0.812. The molecule has 0 saturated heterocycles. The first-order valence-electron chi connectivity index (χ1n) is 18.5. The number of aliphatic hydroxyl groups is 1. The van der Waals surface area contributed by atoms with Crippen LogP contribution >= 0.6 is 0 Å². The molecule has 10 nitrogen and oxygen atoms in total. The van der Waals surface area contributed by atoms with Crippen molar-refractivity contribution < 1.29 is 29.0 Å². The van der Waals surface area contributed by atoms with Gasteiger partial charge in [-0.2, -0.15) is 0 Å². The van der Waals surface area contributed by atoms with Crippen molar-refractivity contribution in [2.45, 2.75) is 117 Å². The number of unbranched alkanes of at least 4 members (excludes halogenated alkanes) is 2. The van der Waals surface area contributed by atoms with Crippen LogP contribution in [0.15, 0.2) is 72.8 Å². The second-order valence-electron chi connectivity index (χ2n) is 14.0. The van der Waals surface area contributed by atoms with Crippen LogP contribution in [0.1, 0.15) is 90.7 Å². The molecule has 3 rings (SSSR count). The number of alkyl carbamates (subject to hydrolysis) is 1. The molecule has 0 aliphatic heterocycles. The zero-order valence-electron chi connectivity index (χ0n) is 31.0. The third kappa shape index (κ3) is 14.4. The van der Waals surface area contributed by atoms with E-state index in [4.69, 9.17) is 4.74 Å². The van der Waals surface area contributed by atoms with Gasteiger partial charge in [0.1, 0.15) is 18.7 Å². The Kier molecular flexibility index (Phi) is 17.4. The van der Waals surface area contributed by atoms with Gasteiger partial charge in [-0.15, -0.1) is 0 Å². The maximum absolute atomic E-state index is 14.1. The lowest BCUT2D eigenvalue weighted by molar-refractivity contribution is -0.131. The van der Waals surface area contributed by atoms with Gasteiger partial charge >= 0.3 is 6.09 Å². The van der Waals surface area contributed by atoms with Gasteiger partial charge in [0, 0.05) is 13.0 Å². The normalized spacial score (nSPS) is 14.2. The second kappa shape index (κ2) is 21.7. The Bertz CT molecular complexity index is 1530. The Balaban J connectivity index is 1.81. The Morgan fingerprint density at radius 3 is 2.18 bits per heavy atom. The minimum atomic E-state index is -1.11. The highest BCUT2D eigenvalue weighted by Crippen LogP contribution is 2.20. The first-order chi connectivity index (χ1) is 24.5. The fourth-order valence-corrected chi connectivity index (χ4v) is 5.89. The van der Waals surface area contributed by atoms with E-state index in [2.05, 4.69) is 35.1 Å². The number of rotatable bonds is 21. The van der Waals surface area contributed by atoms with Gasteiger partial charge in [0.05, 0.1) is 18.6 Å². The van der Waals surface area contributed by atoms with Crippen LogP contribution in [-0.4, -0.2) is 59.7 Å². The molecule has 0 bridgehead atoms. The van der Waals surface area contributed by atoms with Crippen molar-refractivity contribution in [2.24, 2.45) is 11.8 Å². The minimum Gasteiger partial charge on any atom is -0.445 e. The van der Waals surface area contributed by atoms with Crippen molar-refractivity contribution in [2.75, 3.05) is 6.54 Å². The molecule has 0 heterocycles. The van der Waals surface area contributed by atoms with Gasteiger partial charge in [-0.25, -0.2) is 4.79 Å². The summed E-state index contributed by atoms with van der Waals surface area (Å²) in [7, 11) is 0. The molecule has 3 aromatic carbocycles. The third-order valence-corrected chi connectivity index (χ3v) is 9.11. The van der Waals surface area contributed by atoms with Gasteiger partial charge in [0.25, 0.3) is 0 Å². The molecule has 5 atom stereocenters. The van der Waals surface area contributed by atoms with Gasteiger partial charge in [0.2, 0.25) is 17.7 Å². The Morgan fingerprint density at radius 2 is 1.47 bits per heavy atom. The van der Waals surface area contributed by atoms with Crippen LogP contribution < -0.4 is 21.3 Å². The van der Waals surface area contributed by atoms with Gasteiger partial charge in [0.15, 0.2) is 0 Å². The smallest absolute Gasteiger partial charge is 0.408 e. The van der Waals surface area contributed by atoms with Crippen molar-refractivity contribution in [1.29, 1.82) is 0 Å². The van der Waals surface area contributed by atoms with Gasteiger partial charge in [-0.1, -0.05) is 133 Å². The van der Waals surface area contributed by atoms with E-state index in [0.29, 0.717) is 31.7 Å². The zero-order valence-corrected chi connectivity index (χ0v) is 31.0. The molecule has 0 saturated carbocycles. The summed E-state index contributed by atoms with van der Waals surface area (Å²) in [6, 6.07) is 20.2. The first kappa shape index (κ1) is 41.0. The monoisotopic (exact) mass is 702 g/mol. The number of nitrogens with one attached hydrogen (secondary N) is 4. The van der Waals surface area contributed by atoms with E-state index in [0.717, 1.165) is 41.2 Å². The van der Waals surface area contributed by atoms with Crippen molar-refractivity contribution >= 4 is 34.6 Å². The molecular weight excluding hydrogens is 644 g/mol. The molecule has 0 spiro atoms. The molecule has 5 N–H and O–H groups in total. The van der Waals surface area contributed by atoms with Gasteiger partial charge in [-0.05, 0) is 46.6 Å². The van der Waals surface area contributed by atoms with Crippen LogP contribution in [0.3, 0.4) is 0 Å². The lowest BCUT2D eigenvalue weighted by atomic mass is 9.96. The van der Waals surface area contributed by atoms with Crippen LogP contribution in [-0.2, 0) is 32.1 Å². The molecule has 10 heteroatoms. The maximum atomic E-state index is 14.1. The van der Waals surface area contributed by atoms with Gasteiger partial charge in [-0.3, -0.25) is 14.4 Å². The number of hydrogen-bond acceptors (Lipinski definition) is 6. The van der Waals surface area contributed by atoms with E-state index in [1.807, 2.05) is 93.6 Å². The predicted octanol–water partition coefficient (Wildman–Crippen LogP) is 6.19. The largest absolute Gasteiger partial charge is 0.445 e. The van der Waals surface area contributed by atoms with Crippen LogP contribution in [0.25, 0.3) is 10.8 Å². The molecular formula is C41H58N4O6. The summed E-state index contributed by atoms with van der Waals surface area (Å²) < 4.78 is 5.48. The highest BCUT2D eigenvalue weighted by Gasteiger charge is 2.31. The van der Waals surface area contributed by atoms with Crippen molar-refractivity contribution in [1.82, 2.24) is 21.3 Å². The highest BCUT2D eigenvalue weighted by molar-refractivity contribution is 5.92.